The molecule has 0 aromatic carbocycles. The SMILES string of the molecule is COC1[C@H](Cc2cncc(Cl)c2)C(C=O)N1C(N)=O. The van der Waals surface area contributed by atoms with Crippen LogP contribution in [0.2, 0.25) is 5.02 Å². The average molecular weight is 284 g/mol. The highest BCUT2D eigenvalue weighted by molar-refractivity contribution is 6.30. The molecule has 102 valence electrons. The first-order valence-electron chi connectivity index (χ1n) is 5.73. The van der Waals surface area contributed by atoms with Crippen LogP contribution < -0.4 is 5.73 Å². The molecule has 1 saturated heterocycles. The number of carbonyl (C=O) groups excluding carboxylic acids is 2. The highest BCUT2D eigenvalue weighted by atomic mass is 35.5. The quantitative estimate of drug-likeness (QED) is 0.829. The van der Waals surface area contributed by atoms with Crippen molar-refractivity contribution >= 4 is 23.9 Å². The fourth-order valence-electron chi connectivity index (χ4n) is 2.44. The number of amides is 2. The van der Waals surface area contributed by atoms with Gasteiger partial charge in [-0.2, -0.15) is 0 Å². The van der Waals surface area contributed by atoms with Crippen molar-refractivity contribution in [3.63, 3.8) is 0 Å². The Morgan fingerprint density at radius 3 is 2.89 bits per heavy atom. The van der Waals surface area contributed by atoms with E-state index in [1.54, 1.807) is 12.3 Å². The van der Waals surface area contributed by atoms with Gasteiger partial charge >= 0.3 is 6.03 Å². The molecular formula is C12H14ClN3O3. The van der Waals surface area contributed by atoms with E-state index >= 15 is 0 Å². The van der Waals surface area contributed by atoms with Gasteiger partial charge in [-0.3, -0.25) is 9.88 Å². The van der Waals surface area contributed by atoms with E-state index in [2.05, 4.69) is 4.98 Å². The van der Waals surface area contributed by atoms with Crippen LogP contribution in [0, 0.1) is 5.92 Å². The third-order valence-corrected chi connectivity index (χ3v) is 3.48. The molecule has 1 aliphatic heterocycles. The zero-order valence-electron chi connectivity index (χ0n) is 10.3. The molecular weight excluding hydrogens is 270 g/mol. The summed E-state index contributed by atoms with van der Waals surface area (Å²) >= 11 is 5.86. The molecule has 1 fully saturated rings. The Kier molecular flexibility index (Phi) is 4.01. The van der Waals surface area contributed by atoms with Crippen molar-refractivity contribution in [2.45, 2.75) is 18.7 Å². The number of carbonyl (C=O) groups is 2. The van der Waals surface area contributed by atoms with Crippen LogP contribution in [-0.2, 0) is 16.0 Å². The van der Waals surface area contributed by atoms with Gasteiger partial charge in [0.2, 0.25) is 0 Å². The summed E-state index contributed by atoms with van der Waals surface area (Å²) in [4.78, 5) is 27.5. The van der Waals surface area contributed by atoms with Crippen molar-refractivity contribution in [2.24, 2.45) is 11.7 Å². The molecule has 2 N–H and O–H groups in total. The van der Waals surface area contributed by atoms with Gasteiger partial charge in [0, 0.05) is 25.4 Å². The van der Waals surface area contributed by atoms with Crippen molar-refractivity contribution < 1.29 is 14.3 Å². The number of primary amides is 1. The first-order valence-corrected chi connectivity index (χ1v) is 6.11. The van der Waals surface area contributed by atoms with Gasteiger partial charge in [0.1, 0.15) is 12.5 Å². The molecule has 6 nitrogen and oxygen atoms in total. The number of methoxy groups -OCH3 is 1. The largest absolute Gasteiger partial charge is 0.361 e. The third-order valence-electron chi connectivity index (χ3n) is 3.27. The van der Waals surface area contributed by atoms with Gasteiger partial charge in [-0.15, -0.1) is 0 Å². The van der Waals surface area contributed by atoms with Crippen molar-refractivity contribution in [3.8, 4) is 0 Å². The summed E-state index contributed by atoms with van der Waals surface area (Å²) in [5.41, 5.74) is 6.11. The lowest BCUT2D eigenvalue weighted by Crippen LogP contribution is -2.69. The number of nitrogens with two attached hydrogens (primary N) is 1. The topological polar surface area (TPSA) is 85.5 Å². The van der Waals surface area contributed by atoms with Gasteiger partial charge in [-0.05, 0) is 18.1 Å². The van der Waals surface area contributed by atoms with Crippen molar-refractivity contribution in [2.75, 3.05) is 7.11 Å². The van der Waals surface area contributed by atoms with E-state index in [9.17, 15) is 9.59 Å². The minimum atomic E-state index is -0.663. The van der Waals surface area contributed by atoms with E-state index in [1.807, 2.05) is 0 Å². The predicted molar refractivity (Wildman–Crippen MR) is 68.5 cm³/mol. The van der Waals surface area contributed by atoms with Gasteiger partial charge in [0.15, 0.2) is 0 Å². The first-order chi connectivity index (χ1) is 9.08. The number of likely N-dealkylation sites (tertiary alicyclic amines) is 1. The Labute approximate surface area is 115 Å². The molecule has 0 saturated carbocycles. The molecule has 7 heteroatoms. The fraction of sp³-hybridized carbons (Fsp3) is 0.417. The van der Waals surface area contributed by atoms with E-state index in [0.29, 0.717) is 17.7 Å². The Morgan fingerprint density at radius 2 is 2.37 bits per heavy atom. The Bertz CT molecular complexity index is 497. The number of aldehydes is 1. The summed E-state index contributed by atoms with van der Waals surface area (Å²) in [5.74, 6) is -0.143. The minimum absolute atomic E-state index is 0.143. The lowest BCUT2D eigenvalue weighted by Gasteiger charge is -2.50. The van der Waals surface area contributed by atoms with E-state index in [-0.39, 0.29) is 5.92 Å². The maximum Gasteiger partial charge on any atom is 0.317 e. The Morgan fingerprint density at radius 1 is 1.63 bits per heavy atom. The van der Waals surface area contributed by atoms with Crippen LogP contribution in [0.3, 0.4) is 0 Å². The molecule has 19 heavy (non-hydrogen) atoms. The second kappa shape index (κ2) is 5.54. The van der Waals surface area contributed by atoms with Crippen LogP contribution in [-0.4, -0.2) is 41.6 Å². The highest BCUT2D eigenvalue weighted by Crippen LogP contribution is 2.34. The van der Waals surface area contributed by atoms with E-state index < -0.39 is 18.3 Å². The number of hydrogen-bond donors (Lipinski definition) is 1. The third kappa shape index (κ3) is 2.54. The van der Waals surface area contributed by atoms with Crippen LogP contribution in [0.15, 0.2) is 18.5 Å². The second-order valence-corrected chi connectivity index (χ2v) is 4.81. The minimum Gasteiger partial charge on any atom is -0.361 e. The number of pyridine rings is 1. The molecule has 2 amide bonds. The summed E-state index contributed by atoms with van der Waals surface area (Å²) in [7, 11) is 1.48. The van der Waals surface area contributed by atoms with E-state index in [0.717, 1.165) is 5.56 Å². The summed E-state index contributed by atoms with van der Waals surface area (Å²) in [5, 5.41) is 0.528. The lowest BCUT2D eigenvalue weighted by molar-refractivity contribution is -0.165. The molecule has 2 unspecified atom stereocenters. The molecule has 1 aliphatic rings. The number of ether oxygens (including phenoxy) is 1. The number of rotatable bonds is 4. The summed E-state index contributed by atoms with van der Waals surface area (Å²) in [6.07, 6.45) is 3.97. The number of urea groups is 1. The van der Waals surface area contributed by atoms with Crippen LogP contribution in [0.4, 0.5) is 4.79 Å². The molecule has 2 heterocycles. The van der Waals surface area contributed by atoms with Crippen molar-refractivity contribution in [1.29, 1.82) is 0 Å². The molecule has 0 bridgehead atoms. The normalized spacial score (nSPS) is 25.8. The number of hydrogen-bond acceptors (Lipinski definition) is 4. The zero-order chi connectivity index (χ0) is 14.0. The number of aromatic nitrogens is 1. The zero-order valence-corrected chi connectivity index (χ0v) is 11.1. The van der Waals surface area contributed by atoms with Gasteiger partial charge in [0.05, 0.1) is 11.1 Å². The molecule has 0 radical (unpaired) electrons. The number of nitrogens with zero attached hydrogens (tertiary/aromatic N) is 2. The Hall–Kier alpha value is -1.66. The van der Waals surface area contributed by atoms with Crippen molar-refractivity contribution in [3.05, 3.63) is 29.0 Å². The first kappa shape index (κ1) is 13.8. The van der Waals surface area contributed by atoms with E-state index in [1.165, 1.54) is 18.2 Å². The molecule has 1 aromatic rings. The molecule has 0 aliphatic carbocycles. The van der Waals surface area contributed by atoms with Gasteiger partial charge in [-0.1, -0.05) is 11.6 Å². The second-order valence-electron chi connectivity index (χ2n) is 4.38. The monoisotopic (exact) mass is 283 g/mol. The molecule has 3 atom stereocenters. The van der Waals surface area contributed by atoms with Crippen molar-refractivity contribution in [1.82, 2.24) is 9.88 Å². The van der Waals surface area contributed by atoms with E-state index in [4.69, 9.17) is 22.1 Å². The summed E-state index contributed by atoms with van der Waals surface area (Å²) in [6.45, 7) is 0. The maximum absolute atomic E-state index is 11.2. The van der Waals surface area contributed by atoms with Crippen LogP contribution in [0.1, 0.15) is 5.56 Å². The summed E-state index contributed by atoms with van der Waals surface area (Å²) < 4.78 is 5.22. The smallest absolute Gasteiger partial charge is 0.317 e. The van der Waals surface area contributed by atoms with Gasteiger partial charge in [-0.25, -0.2) is 4.79 Å². The number of halogens is 1. The predicted octanol–water partition coefficient (Wildman–Crippen LogP) is 0.828. The van der Waals surface area contributed by atoms with Gasteiger partial charge in [0.25, 0.3) is 0 Å². The Balaban J connectivity index is 2.15. The van der Waals surface area contributed by atoms with Gasteiger partial charge < -0.3 is 15.3 Å². The van der Waals surface area contributed by atoms with Crippen LogP contribution in [0.25, 0.3) is 0 Å². The lowest BCUT2D eigenvalue weighted by atomic mass is 9.82. The average Bonchev–Trinajstić information content (AvgIpc) is 2.34. The van der Waals surface area contributed by atoms with Crippen LogP contribution in [0.5, 0.6) is 0 Å². The molecule has 0 spiro atoms. The fourth-order valence-corrected chi connectivity index (χ4v) is 2.63. The standard InChI is InChI=1S/C12H14ClN3O3/c1-19-11-9(10(6-17)16(11)12(14)18)3-7-2-8(13)5-15-4-7/h2,4-6,9-11H,3H2,1H3,(H2,14,18)/t9-,10?,11?/m1/s1. The maximum atomic E-state index is 11.2. The highest BCUT2D eigenvalue weighted by Gasteiger charge is 2.50. The van der Waals surface area contributed by atoms with Crippen LogP contribution >= 0.6 is 11.6 Å². The summed E-state index contributed by atoms with van der Waals surface area (Å²) in [6, 6.07) is 0.543. The molecule has 1 aromatic heterocycles. The molecule has 2 rings (SSSR count).